The van der Waals surface area contributed by atoms with E-state index < -0.39 is 0 Å². The Morgan fingerprint density at radius 1 is 0.907 bits per heavy atom. The molecule has 5 aromatic rings. The van der Waals surface area contributed by atoms with Crippen molar-refractivity contribution in [3.05, 3.63) is 113 Å². The van der Waals surface area contributed by atoms with Crippen LogP contribution in [0, 0.1) is 12.8 Å². The molecule has 2 aromatic heterocycles. The number of rotatable bonds is 9. The third-order valence-electron chi connectivity index (χ3n) is 7.29. The van der Waals surface area contributed by atoms with E-state index in [0.717, 1.165) is 43.6 Å². The molecule has 0 radical (unpaired) electrons. The average Bonchev–Trinajstić information content (AvgIpc) is 3.48. The van der Waals surface area contributed by atoms with Gasteiger partial charge in [0.2, 0.25) is 17.8 Å². The number of halogens is 2. The van der Waals surface area contributed by atoms with E-state index in [4.69, 9.17) is 26.0 Å². The summed E-state index contributed by atoms with van der Waals surface area (Å²) >= 11 is 6.13. The average molecular weight is 615 g/mol. The summed E-state index contributed by atoms with van der Waals surface area (Å²) in [5.41, 5.74) is 7.34. The molecule has 1 saturated heterocycles. The number of hydrogen-bond acceptors (Lipinski definition) is 8. The van der Waals surface area contributed by atoms with Crippen molar-refractivity contribution in [2.75, 3.05) is 28.7 Å². The van der Waals surface area contributed by atoms with E-state index in [1.54, 1.807) is 6.21 Å². The Labute approximate surface area is 262 Å². The van der Waals surface area contributed by atoms with E-state index >= 15 is 0 Å². The highest BCUT2D eigenvalue weighted by molar-refractivity contribution is 6.30. The van der Waals surface area contributed by atoms with E-state index in [1.807, 2.05) is 60.7 Å². The minimum atomic E-state index is 0. The molecule has 0 bridgehead atoms. The SMILES string of the molecule is Cc1ccc(Nc2nc(NN=Cc3ccc(-c4cccc(Cl)c4)o3)nc(N3CCC(Cc4ccccc4)CC3)n2)cc1.Cl. The maximum absolute atomic E-state index is 6.13. The molecule has 0 spiro atoms. The highest BCUT2D eigenvalue weighted by Crippen LogP contribution is 2.27. The predicted molar refractivity (Wildman–Crippen MR) is 177 cm³/mol. The second-order valence-corrected chi connectivity index (χ2v) is 10.9. The van der Waals surface area contributed by atoms with Gasteiger partial charge < -0.3 is 14.6 Å². The Morgan fingerprint density at radius 3 is 2.44 bits per heavy atom. The normalized spacial score (nSPS) is 13.6. The van der Waals surface area contributed by atoms with Crippen molar-refractivity contribution in [1.82, 2.24) is 15.0 Å². The van der Waals surface area contributed by atoms with Gasteiger partial charge in [-0.25, -0.2) is 5.43 Å². The summed E-state index contributed by atoms with van der Waals surface area (Å²) < 4.78 is 5.92. The van der Waals surface area contributed by atoms with Crippen LogP contribution in [0.25, 0.3) is 11.3 Å². The first-order valence-electron chi connectivity index (χ1n) is 14.1. The Hall–Kier alpha value is -4.40. The van der Waals surface area contributed by atoms with Gasteiger partial charge in [-0.15, -0.1) is 12.4 Å². The van der Waals surface area contributed by atoms with Gasteiger partial charge in [0.25, 0.3) is 0 Å². The second kappa shape index (κ2) is 14.2. The van der Waals surface area contributed by atoms with Crippen LogP contribution in [-0.2, 0) is 6.42 Å². The lowest BCUT2D eigenvalue weighted by Crippen LogP contribution is -2.35. The first-order valence-corrected chi connectivity index (χ1v) is 14.5. The van der Waals surface area contributed by atoms with Crippen molar-refractivity contribution >= 4 is 53.8 Å². The Balaban J connectivity index is 0.00000368. The molecule has 1 aliphatic rings. The Kier molecular flexibility index (Phi) is 9.92. The molecule has 0 atom stereocenters. The van der Waals surface area contributed by atoms with Crippen molar-refractivity contribution in [3.63, 3.8) is 0 Å². The summed E-state index contributed by atoms with van der Waals surface area (Å²) in [4.78, 5) is 16.3. The van der Waals surface area contributed by atoms with Crippen LogP contribution in [0.3, 0.4) is 0 Å². The first kappa shape index (κ1) is 30.1. The van der Waals surface area contributed by atoms with E-state index in [-0.39, 0.29) is 12.4 Å². The molecule has 3 aromatic carbocycles. The van der Waals surface area contributed by atoms with Crippen LogP contribution < -0.4 is 15.6 Å². The zero-order chi connectivity index (χ0) is 28.7. The van der Waals surface area contributed by atoms with Crippen LogP contribution in [0.4, 0.5) is 23.5 Å². The smallest absolute Gasteiger partial charge is 0.250 e. The fraction of sp³-hybridized carbons (Fsp3) is 0.212. The number of furan rings is 1. The van der Waals surface area contributed by atoms with Crippen LogP contribution in [0.2, 0.25) is 5.02 Å². The van der Waals surface area contributed by atoms with Crippen molar-refractivity contribution in [1.29, 1.82) is 0 Å². The summed E-state index contributed by atoms with van der Waals surface area (Å²) in [5.74, 6) is 3.36. The Morgan fingerprint density at radius 2 is 1.67 bits per heavy atom. The predicted octanol–water partition coefficient (Wildman–Crippen LogP) is 8.16. The molecule has 1 aliphatic heterocycles. The fourth-order valence-electron chi connectivity index (χ4n) is 5.04. The molecule has 220 valence electrons. The van der Waals surface area contributed by atoms with Gasteiger partial charge in [-0.05, 0) is 74.1 Å². The zero-order valence-electron chi connectivity index (χ0n) is 23.8. The molecule has 6 rings (SSSR count). The van der Waals surface area contributed by atoms with Crippen molar-refractivity contribution in [3.8, 4) is 11.3 Å². The number of benzene rings is 3. The van der Waals surface area contributed by atoms with Gasteiger partial charge in [-0.3, -0.25) is 0 Å². The molecule has 10 heteroatoms. The molecular weight excluding hydrogens is 581 g/mol. The van der Waals surface area contributed by atoms with Crippen LogP contribution in [-0.4, -0.2) is 34.3 Å². The minimum absolute atomic E-state index is 0. The van der Waals surface area contributed by atoms with Crippen LogP contribution in [0.5, 0.6) is 0 Å². The van der Waals surface area contributed by atoms with Gasteiger partial charge in [0, 0.05) is 29.4 Å². The number of anilines is 4. The summed E-state index contributed by atoms with van der Waals surface area (Å²) in [6.07, 6.45) is 4.85. The summed E-state index contributed by atoms with van der Waals surface area (Å²) in [7, 11) is 0. The minimum Gasteiger partial charge on any atom is -0.455 e. The third kappa shape index (κ3) is 8.12. The molecule has 3 heterocycles. The number of nitrogens with zero attached hydrogens (tertiary/aromatic N) is 5. The number of hydrazone groups is 1. The van der Waals surface area contributed by atoms with Gasteiger partial charge in [-0.1, -0.05) is 71.8 Å². The molecule has 43 heavy (non-hydrogen) atoms. The molecule has 2 N–H and O–H groups in total. The van der Waals surface area contributed by atoms with Gasteiger partial charge >= 0.3 is 0 Å². The lowest BCUT2D eigenvalue weighted by atomic mass is 9.90. The van der Waals surface area contributed by atoms with E-state index in [9.17, 15) is 0 Å². The third-order valence-corrected chi connectivity index (χ3v) is 7.52. The topological polar surface area (TPSA) is 91.5 Å². The molecule has 0 unspecified atom stereocenters. The van der Waals surface area contributed by atoms with Crippen LogP contribution >= 0.6 is 24.0 Å². The van der Waals surface area contributed by atoms with Crippen molar-refractivity contribution < 1.29 is 4.42 Å². The van der Waals surface area contributed by atoms with Crippen molar-refractivity contribution in [2.45, 2.75) is 26.2 Å². The first-order chi connectivity index (χ1) is 20.6. The lowest BCUT2D eigenvalue weighted by Gasteiger charge is -2.32. The molecule has 8 nitrogen and oxygen atoms in total. The van der Waals surface area contributed by atoms with Gasteiger partial charge in [0.1, 0.15) is 11.5 Å². The molecule has 0 amide bonds. The molecule has 0 saturated carbocycles. The molecule has 0 aliphatic carbocycles. The van der Waals surface area contributed by atoms with Crippen LogP contribution in [0.15, 0.2) is 101 Å². The second-order valence-electron chi connectivity index (χ2n) is 10.5. The standard InChI is InChI=1S/C33H32ClN7O.ClH/c1-23-10-12-28(13-11-23)36-31-37-32(40-35-22-29-14-15-30(42-29)26-8-5-9-27(34)21-26)39-33(38-31)41-18-16-25(17-19-41)20-24-6-3-2-4-7-24;/h2-15,21-22,25H,16-20H2,1H3,(H2,36,37,38,39,40);1H. The monoisotopic (exact) mass is 613 g/mol. The van der Waals surface area contributed by atoms with E-state index in [0.29, 0.717) is 40.3 Å². The maximum atomic E-state index is 6.13. The number of aryl methyl sites for hydroxylation is 1. The quantitative estimate of drug-likeness (QED) is 0.128. The number of aromatic nitrogens is 3. The molecule has 1 fully saturated rings. The molecular formula is C33H33Cl2N7O. The van der Waals surface area contributed by atoms with Gasteiger partial charge in [0.05, 0.1) is 6.21 Å². The van der Waals surface area contributed by atoms with E-state index in [1.165, 1.54) is 11.1 Å². The lowest BCUT2D eigenvalue weighted by molar-refractivity contribution is 0.400. The summed E-state index contributed by atoms with van der Waals surface area (Å²) in [6, 6.07) is 30.1. The number of piperidine rings is 1. The summed E-state index contributed by atoms with van der Waals surface area (Å²) in [6.45, 7) is 3.82. The highest BCUT2D eigenvalue weighted by Gasteiger charge is 2.22. The Bertz CT molecular complexity index is 1650. The van der Waals surface area contributed by atoms with Crippen LogP contribution in [0.1, 0.15) is 29.7 Å². The number of hydrogen-bond donors (Lipinski definition) is 2. The van der Waals surface area contributed by atoms with Gasteiger partial charge in [0.15, 0.2) is 0 Å². The number of nitrogens with one attached hydrogen (secondary N) is 2. The zero-order valence-corrected chi connectivity index (χ0v) is 25.4. The largest absolute Gasteiger partial charge is 0.455 e. The summed E-state index contributed by atoms with van der Waals surface area (Å²) in [5, 5.41) is 8.32. The van der Waals surface area contributed by atoms with Crippen molar-refractivity contribution in [2.24, 2.45) is 11.0 Å². The fourth-order valence-corrected chi connectivity index (χ4v) is 5.23. The highest BCUT2D eigenvalue weighted by atomic mass is 35.5. The maximum Gasteiger partial charge on any atom is 0.250 e. The van der Waals surface area contributed by atoms with Gasteiger partial charge in [-0.2, -0.15) is 20.1 Å². The van der Waals surface area contributed by atoms with E-state index in [2.05, 4.69) is 63.0 Å².